The largest absolute Gasteiger partial charge is 0.364 e. The summed E-state index contributed by atoms with van der Waals surface area (Å²) in [5.74, 6) is 1.10. The Kier molecular flexibility index (Phi) is 6.05. The van der Waals surface area contributed by atoms with Gasteiger partial charge < -0.3 is 15.8 Å². The van der Waals surface area contributed by atoms with E-state index in [0.29, 0.717) is 6.54 Å². The number of amides is 1. The number of nitrogens with two attached hydrogens (primary N) is 1. The molecule has 2 atom stereocenters. The third-order valence-corrected chi connectivity index (χ3v) is 3.18. The van der Waals surface area contributed by atoms with Gasteiger partial charge in [-0.05, 0) is 31.3 Å². The summed E-state index contributed by atoms with van der Waals surface area (Å²) in [6.45, 7) is 1.25. The molecule has 3 N–H and O–H groups in total. The lowest BCUT2D eigenvalue weighted by Gasteiger charge is -2.12. The van der Waals surface area contributed by atoms with Crippen LogP contribution in [0.25, 0.3) is 0 Å². The van der Waals surface area contributed by atoms with Gasteiger partial charge in [-0.1, -0.05) is 0 Å². The van der Waals surface area contributed by atoms with Crippen LogP contribution in [0, 0.1) is 0 Å². The highest BCUT2D eigenvalue weighted by Crippen LogP contribution is 2.18. The molecule has 1 rings (SSSR count). The first kappa shape index (κ1) is 12.8. The number of carbonyl (C=O) groups excluding carboxylic acids is 1. The Hall–Kier alpha value is -0.260. The molecule has 5 heteroatoms. The fraction of sp³-hybridized carbons (Fsp3) is 0.900. The molecule has 0 spiro atoms. The zero-order valence-electron chi connectivity index (χ0n) is 9.20. The Balaban J connectivity index is 2.12. The monoisotopic (exact) mass is 232 g/mol. The molecule has 4 nitrogen and oxygen atoms in total. The molecule has 1 fully saturated rings. The normalized spacial score (nSPS) is 25.5. The topological polar surface area (TPSA) is 64.4 Å². The summed E-state index contributed by atoms with van der Waals surface area (Å²) < 4.78 is 5.49. The summed E-state index contributed by atoms with van der Waals surface area (Å²) in [7, 11) is 0. The van der Waals surface area contributed by atoms with Crippen molar-refractivity contribution in [3.63, 3.8) is 0 Å². The van der Waals surface area contributed by atoms with Gasteiger partial charge in [-0.25, -0.2) is 0 Å². The van der Waals surface area contributed by atoms with E-state index in [1.807, 2.05) is 0 Å². The third kappa shape index (κ3) is 4.40. The maximum absolute atomic E-state index is 11.6. The Labute approximate surface area is 95.3 Å². The van der Waals surface area contributed by atoms with Crippen molar-refractivity contribution >= 4 is 17.7 Å². The van der Waals surface area contributed by atoms with E-state index in [9.17, 15) is 4.79 Å². The van der Waals surface area contributed by atoms with Gasteiger partial charge in [-0.15, -0.1) is 0 Å². The van der Waals surface area contributed by atoms with E-state index in [0.717, 1.165) is 31.6 Å². The molecule has 0 aromatic rings. The van der Waals surface area contributed by atoms with Gasteiger partial charge >= 0.3 is 0 Å². The van der Waals surface area contributed by atoms with Crippen LogP contribution in [-0.2, 0) is 9.53 Å². The van der Waals surface area contributed by atoms with Gasteiger partial charge in [0.2, 0.25) is 5.91 Å². The molecule has 1 aliphatic heterocycles. The standard InChI is InChI=1S/C10H20N2O2S/c1-15-6-2-5-12-10(13)9-4-3-8(7-11)14-9/h8-9H,2-7,11H2,1H3,(H,12,13). The summed E-state index contributed by atoms with van der Waals surface area (Å²) in [4.78, 5) is 11.6. The van der Waals surface area contributed by atoms with Crippen molar-refractivity contribution in [1.29, 1.82) is 0 Å². The first-order chi connectivity index (χ1) is 7.27. The second-order valence-corrected chi connectivity index (χ2v) is 4.68. The van der Waals surface area contributed by atoms with Gasteiger partial charge in [0, 0.05) is 13.1 Å². The van der Waals surface area contributed by atoms with Gasteiger partial charge in [0.15, 0.2) is 0 Å². The Morgan fingerprint density at radius 1 is 1.60 bits per heavy atom. The highest BCUT2D eigenvalue weighted by atomic mass is 32.2. The lowest BCUT2D eigenvalue weighted by atomic mass is 10.2. The molecule has 2 unspecified atom stereocenters. The highest BCUT2D eigenvalue weighted by Gasteiger charge is 2.29. The van der Waals surface area contributed by atoms with E-state index >= 15 is 0 Å². The number of ether oxygens (including phenoxy) is 1. The molecule has 1 saturated heterocycles. The summed E-state index contributed by atoms with van der Waals surface area (Å²) in [6.07, 6.45) is 4.59. The number of rotatable bonds is 6. The average molecular weight is 232 g/mol. The lowest BCUT2D eigenvalue weighted by molar-refractivity contribution is -0.131. The molecule has 0 aromatic heterocycles. The van der Waals surface area contributed by atoms with E-state index in [1.165, 1.54) is 0 Å². The molecular weight excluding hydrogens is 212 g/mol. The number of nitrogens with one attached hydrogen (secondary N) is 1. The molecule has 0 aromatic carbocycles. The zero-order chi connectivity index (χ0) is 11.1. The Bertz CT molecular complexity index is 202. The molecule has 88 valence electrons. The lowest BCUT2D eigenvalue weighted by Crippen LogP contribution is -2.36. The smallest absolute Gasteiger partial charge is 0.249 e. The molecule has 1 amide bonds. The van der Waals surface area contributed by atoms with Crippen molar-refractivity contribution in [2.24, 2.45) is 5.73 Å². The van der Waals surface area contributed by atoms with E-state index < -0.39 is 0 Å². The summed E-state index contributed by atoms with van der Waals surface area (Å²) in [5, 5.41) is 2.89. The van der Waals surface area contributed by atoms with Crippen molar-refractivity contribution in [3.8, 4) is 0 Å². The van der Waals surface area contributed by atoms with Crippen LogP contribution < -0.4 is 11.1 Å². The predicted molar refractivity (Wildman–Crippen MR) is 63.0 cm³/mol. The zero-order valence-corrected chi connectivity index (χ0v) is 10.0. The second kappa shape index (κ2) is 7.09. The minimum absolute atomic E-state index is 0.0204. The van der Waals surface area contributed by atoms with Crippen LogP contribution in [0.15, 0.2) is 0 Å². The summed E-state index contributed by atoms with van der Waals surface area (Å²) in [5.41, 5.74) is 5.48. The number of thioether (sulfide) groups is 1. The maximum Gasteiger partial charge on any atom is 0.249 e. The Morgan fingerprint density at radius 2 is 2.40 bits per heavy atom. The van der Waals surface area contributed by atoms with Crippen LogP contribution in [0.1, 0.15) is 19.3 Å². The van der Waals surface area contributed by atoms with Gasteiger partial charge in [-0.3, -0.25) is 4.79 Å². The van der Waals surface area contributed by atoms with E-state index in [2.05, 4.69) is 11.6 Å². The van der Waals surface area contributed by atoms with E-state index in [1.54, 1.807) is 11.8 Å². The van der Waals surface area contributed by atoms with Crippen LogP contribution in [0.5, 0.6) is 0 Å². The highest BCUT2D eigenvalue weighted by molar-refractivity contribution is 7.98. The van der Waals surface area contributed by atoms with Gasteiger partial charge in [0.25, 0.3) is 0 Å². The molecule has 1 heterocycles. The fourth-order valence-corrected chi connectivity index (χ4v) is 2.05. The van der Waals surface area contributed by atoms with Crippen LogP contribution in [0.2, 0.25) is 0 Å². The first-order valence-electron chi connectivity index (χ1n) is 5.40. The van der Waals surface area contributed by atoms with Crippen molar-refractivity contribution in [3.05, 3.63) is 0 Å². The predicted octanol–water partition coefficient (Wildman–Crippen LogP) is 0.362. The minimum atomic E-state index is -0.271. The molecule has 0 saturated carbocycles. The Morgan fingerprint density at radius 3 is 3.00 bits per heavy atom. The molecule has 15 heavy (non-hydrogen) atoms. The van der Waals surface area contributed by atoms with Crippen molar-refractivity contribution < 1.29 is 9.53 Å². The first-order valence-corrected chi connectivity index (χ1v) is 6.79. The van der Waals surface area contributed by atoms with Gasteiger partial charge in [0.1, 0.15) is 6.10 Å². The summed E-state index contributed by atoms with van der Waals surface area (Å²) in [6, 6.07) is 0. The molecule has 0 aliphatic carbocycles. The summed E-state index contributed by atoms with van der Waals surface area (Å²) >= 11 is 1.79. The van der Waals surface area contributed by atoms with Crippen LogP contribution in [0.3, 0.4) is 0 Å². The van der Waals surface area contributed by atoms with Crippen molar-refractivity contribution in [2.45, 2.75) is 31.5 Å². The van der Waals surface area contributed by atoms with Gasteiger partial charge in [-0.2, -0.15) is 11.8 Å². The number of hydrogen-bond donors (Lipinski definition) is 2. The SMILES string of the molecule is CSCCCNC(=O)C1CCC(CN)O1. The van der Waals surface area contributed by atoms with Crippen LogP contribution in [-0.4, -0.2) is 43.2 Å². The van der Waals surface area contributed by atoms with E-state index in [-0.39, 0.29) is 18.1 Å². The molecule has 0 bridgehead atoms. The molecule has 0 radical (unpaired) electrons. The van der Waals surface area contributed by atoms with Crippen molar-refractivity contribution in [2.75, 3.05) is 25.1 Å². The van der Waals surface area contributed by atoms with E-state index in [4.69, 9.17) is 10.5 Å². The van der Waals surface area contributed by atoms with Crippen LogP contribution in [0.4, 0.5) is 0 Å². The van der Waals surface area contributed by atoms with Crippen LogP contribution >= 0.6 is 11.8 Å². The number of hydrogen-bond acceptors (Lipinski definition) is 4. The molecule has 1 aliphatic rings. The quantitative estimate of drug-likeness (QED) is 0.649. The van der Waals surface area contributed by atoms with Gasteiger partial charge in [0.05, 0.1) is 6.10 Å². The molecular formula is C10H20N2O2S. The maximum atomic E-state index is 11.6. The minimum Gasteiger partial charge on any atom is -0.364 e. The van der Waals surface area contributed by atoms with Crippen molar-refractivity contribution in [1.82, 2.24) is 5.32 Å². The fourth-order valence-electron chi connectivity index (χ4n) is 1.61. The second-order valence-electron chi connectivity index (χ2n) is 3.70. The average Bonchev–Trinajstić information content (AvgIpc) is 2.72. The third-order valence-electron chi connectivity index (χ3n) is 2.49. The number of carbonyl (C=O) groups is 1.